The molecule has 0 aliphatic heterocycles. The molecule has 0 atom stereocenters. The Balaban J connectivity index is 0.00000320. The van der Waals surface area contributed by atoms with Gasteiger partial charge in [0.2, 0.25) is 0 Å². The van der Waals surface area contributed by atoms with Gasteiger partial charge in [-0.05, 0) is 50.8 Å². The first-order valence-electron chi connectivity index (χ1n) is 9.10. The topological polar surface area (TPSA) is 55.2 Å². The summed E-state index contributed by atoms with van der Waals surface area (Å²) in [5.41, 5.74) is 2.23. The molecule has 5 nitrogen and oxygen atoms in total. The number of hydrogen-bond acceptors (Lipinski definition) is 4. The summed E-state index contributed by atoms with van der Waals surface area (Å²) < 4.78 is 1.36. The Morgan fingerprint density at radius 2 is 1.47 bits per heavy atom. The molecule has 0 spiro atoms. The predicted molar refractivity (Wildman–Crippen MR) is 125 cm³/mol. The molecular formula is C22H22Cl3N3O2. The zero-order chi connectivity index (χ0) is 21.1. The molecule has 30 heavy (non-hydrogen) atoms. The predicted octanol–water partition coefficient (Wildman–Crippen LogP) is 5.07. The van der Waals surface area contributed by atoms with Gasteiger partial charge in [-0.15, -0.1) is 12.4 Å². The molecule has 158 valence electrons. The van der Waals surface area contributed by atoms with Crippen LogP contribution in [0.5, 0.6) is 0 Å². The van der Waals surface area contributed by atoms with E-state index in [0.29, 0.717) is 40.0 Å². The van der Waals surface area contributed by atoms with Gasteiger partial charge in [-0.2, -0.15) is 5.10 Å². The van der Waals surface area contributed by atoms with Crippen LogP contribution in [0.15, 0.2) is 53.3 Å². The number of Topliss-reactive ketones (excluding diaryl/α,β-unsaturated/α-hetero) is 1. The molecule has 8 heteroatoms. The number of nitrogens with zero attached hydrogens (tertiary/aromatic N) is 3. The van der Waals surface area contributed by atoms with Crippen LogP contribution in [-0.4, -0.2) is 41.1 Å². The van der Waals surface area contributed by atoms with Gasteiger partial charge in [-0.3, -0.25) is 9.59 Å². The van der Waals surface area contributed by atoms with E-state index in [-0.39, 0.29) is 23.8 Å². The standard InChI is InChI=1S/C22H21Cl2N3O2.ClH/c1-14(28)19-20(15-4-8-17(23)9-5-15)21(16-6-10-18(24)11-7-16)25-27(22(19)29)13-12-26(2)3;/h4-11H,12-13H2,1-3H3;1H. The smallest absolute Gasteiger partial charge is 0.278 e. The number of hydrogen-bond donors (Lipinski definition) is 0. The first-order chi connectivity index (χ1) is 13.8. The molecule has 3 rings (SSSR count). The minimum Gasteiger partial charge on any atom is -0.308 e. The van der Waals surface area contributed by atoms with E-state index in [4.69, 9.17) is 23.2 Å². The third kappa shape index (κ3) is 5.29. The van der Waals surface area contributed by atoms with Crippen molar-refractivity contribution in [2.75, 3.05) is 20.6 Å². The van der Waals surface area contributed by atoms with Crippen LogP contribution < -0.4 is 5.56 Å². The lowest BCUT2D eigenvalue weighted by Gasteiger charge is -2.17. The summed E-state index contributed by atoms with van der Waals surface area (Å²) in [6.07, 6.45) is 0. The number of rotatable bonds is 6. The number of aromatic nitrogens is 2. The van der Waals surface area contributed by atoms with Crippen molar-refractivity contribution in [3.8, 4) is 22.4 Å². The molecule has 0 radical (unpaired) electrons. The van der Waals surface area contributed by atoms with Crippen molar-refractivity contribution in [3.05, 3.63) is 74.5 Å². The number of ketones is 1. The van der Waals surface area contributed by atoms with Gasteiger partial charge in [0.05, 0.1) is 17.8 Å². The van der Waals surface area contributed by atoms with Crippen LogP contribution in [0.3, 0.4) is 0 Å². The van der Waals surface area contributed by atoms with E-state index < -0.39 is 5.56 Å². The molecular weight excluding hydrogens is 445 g/mol. The maximum Gasteiger partial charge on any atom is 0.278 e. The lowest BCUT2D eigenvalue weighted by Crippen LogP contribution is -2.33. The Labute approximate surface area is 191 Å². The largest absolute Gasteiger partial charge is 0.308 e. The number of carbonyl (C=O) groups is 1. The number of halogens is 3. The van der Waals surface area contributed by atoms with Crippen molar-refractivity contribution in [1.29, 1.82) is 0 Å². The summed E-state index contributed by atoms with van der Waals surface area (Å²) in [5.74, 6) is -0.309. The van der Waals surface area contributed by atoms with Gasteiger partial charge in [0.25, 0.3) is 5.56 Å². The zero-order valence-electron chi connectivity index (χ0n) is 16.9. The molecule has 0 saturated heterocycles. The molecule has 1 heterocycles. The highest BCUT2D eigenvalue weighted by atomic mass is 35.5. The van der Waals surface area contributed by atoms with Crippen molar-refractivity contribution in [2.24, 2.45) is 0 Å². The highest BCUT2D eigenvalue weighted by molar-refractivity contribution is 6.31. The number of carbonyl (C=O) groups excluding carboxylic acids is 1. The summed E-state index contributed by atoms with van der Waals surface area (Å²) in [5, 5.41) is 5.80. The van der Waals surface area contributed by atoms with E-state index in [0.717, 1.165) is 5.56 Å². The fourth-order valence-corrected chi connectivity index (χ4v) is 3.30. The summed E-state index contributed by atoms with van der Waals surface area (Å²) in [7, 11) is 3.83. The maximum atomic E-state index is 13.1. The van der Waals surface area contributed by atoms with E-state index in [1.165, 1.54) is 11.6 Å². The minimum absolute atomic E-state index is 0. The second-order valence-corrected chi connectivity index (χ2v) is 7.87. The lowest BCUT2D eigenvalue weighted by atomic mass is 9.94. The summed E-state index contributed by atoms with van der Waals surface area (Å²) in [4.78, 5) is 27.6. The van der Waals surface area contributed by atoms with Crippen molar-refractivity contribution in [2.45, 2.75) is 13.5 Å². The highest BCUT2D eigenvalue weighted by Gasteiger charge is 2.23. The van der Waals surface area contributed by atoms with Crippen LogP contribution in [0.25, 0.3) is 22.4 Å². The van der Waals surface area contributed by atoms with Gasteiger partial charge < -0.3 is 4.90 Å². The molecule has 1 aromatic heterocycles. The SMILES string of the molecule is CC(=O)c1c(-c2ccc(Cl)cc2)c(-c2ccc(Cl)cc2)nn(CCN(C)C)c1=O.Cl. The van der Waals surface area contributed by atoms with Gasteiger partial charge in [0.1, 0.15) is 0 Å². The number of likely N-dealkylation sites (N-methyl/N-ethyl adjacent to an activating group) is 1. The normalized spacial score (nSPS) is 10.7. The van der Waals surface area contributed by atoms with Crippen LogP contribution in [0.2, 0.25) is 10.0 Å². The zero-order valence-corrected chi connectivity index (χ0v) is 19.2. The molecule has 0 fully saturated rings. The monoisotopic (exact) mass is 465 g/mol. The van der Waals surface area contributed by atoms with Crippen LogP contribution in [0.1, 0.15) is 17.3 Å². The molecule has 3 aromatic rings. The van der Waals surface area contributed by atoms with E-state index >= 15 is 0 Å². The van der Waals surface area contributed by atoms with E-state index in [1.54, 1.807) is 36.4 Å². The Bertz CT molecular complexity index is 1090. The first kappa shape index (κ1) is 24.1. The van der Waals surface area contributed by atoms with Crippen molar-refractivity contribution in [3.63, 3.8) is 0 Å². The van der Waals surface area contributed by atoms with Crippen LogP contribution in [0, 0.1) is 0 Å². The fourth-order valence-electron chi connectivity index (χ4n) is 3.05. The Morgan fingerprint density at radius 3 is 1.93 bits per heavy atom. The minimum atomic E-state index is -0.401. The van der Waals surface area contributed by atoms with Gasteiger partial charge in [0, 0.05) is 27.7 Å². The van der Waals surface area contributed by atoms with E-state index in [2.05, 4.69) is 5.10 Å². The maximum absolute atomic E-state index is 13.1. The Hall–Kier alpha value is -2.18. The molecule has 0 bridgehead atoms. The Morgan fingerprint density at radius 1 is 0.967 bits per heavy atom. The van der Waals surface area contributed by atoms with Crippen LogP contribution in [0.4, 0.5) is 0 Å². The van der Waals surface area contributed by atoms with Crippen LogP contribution in [-0.2, 0) is 6.54 Å². The van der Waals surface area contributed by atoms with Crippen molar-refractivity contribution >= 4 is 41.4 Å². The summed E-state index contributed by atoms with van der Waals surface area (Å²) >= 11 is 12.1. The first-order valence-corrected chi connectivity index (χ1v) is 9.86. The molecule has 0 unspecified atom stereocenters. The van der Waals surface area contributed by atoms with E-state index in [9.17, 15) is 9.59 Å². The van der Waals surface area contributed by atoms with Crippen LogP contribution >= 0.6 is 35.6 Å². The third-order valence-corrected chi connectivity index (χ3v) is 5.02. The van der Waals surface area contributed by atoms with Crippen molar-refractivity contribution in [1.82, 2.24) is 14.7 Å². The lowest BCUT2D eigenvalue weighted by molar-refractivity contribution is 0.101. The molecule has 0 amide bonds. The summed E-state index contributed by atoms with van der Waals surface area (Å²) in [6, 6.07) is 14.2. The molecule has 0 N–H and O–H groups in total. The molecule has 0 aliphatic rings. The van der Waals surface area contributed by atoms with Gasteiger partial charge >= 0.3 is 0 Å². The average molecular weight is 467 g/mol. The molecule has 0 saturated carbocycles. The van der Waals surface area contributed by atoms with E-state index in [1.807, 2.05) is 31.1 Å². The van der Waals surface area contributed by atoms with Crippen molar-refractivity contribution < 1.29 is 4.79 Å². The number of benzene rings is 2. The van der Waals surface area contributed by atoms with Gasteiger partial charge in [0.15, 0.2) is 5.78 Å². The van der Waals surface area contributed by atoms with Gasteiger partial charge in [-0.1, -0.05) is 47.5 Å². The third-order valence-electron chi connectivity index (χ3n) is 4.52. The second kappa shape index (κ2) is 10.2. The quantitative estimate of drug-likeness (QED) is 0.476. The fraction of sp³-hybridized carbons (Fsp3) is 0.227. The average Bonchev–Trinajstić information content (AvgIpc) is 2.67. The van der Waals surface area contributed by atoms with Gasteiger partial charge in [-0.25, -0.2) is 4.68 Å². The Kier molecular flexibility index (Phi) is 8.21. The molecule has 2 aromatic carbocycles. The molecule has 0 aliphatic carbocycles. The second-order valence-electron chi connectivity index (χ2n) is 7.00. The summed E-state index contributed by atoms with van der Waals surface area (Å²) in [6.45, 7) is 2.39. The highest BCUT2D eigenvalue weighted by Crippen LogP contribution is 2.33.